The van der Waals surface area contributed by atoms with Crippen molar-refractivity contribution in [2.75, 3.05) is 18.2 Å². The lowest BCUT2D eigenvalue weighted by Crippen LogP contribution is -2.30. The largest absolute Gasteiger partial charge is 0.495 e. The molecule has 0 aliphatic heterocycles. The Bertz CT molecular complexity index is 871. The van der Waals surface area contributed by atoms with Gasteiger partial charge in [-0.25, -0.2) is 4.79 Å². The van der Waals surface area contributed by atoms with E-state index < -0.39 is 28.8 Å². The van der Waals surface area contributed by atoms with Gasteiger partial charge in [0, 0.05) is 11.4 Å². The highest BCUT2D eigenvalue weighted by atomic mass is 35.5. The average Bonchev–Trinajstić information content (AvgIpc) is 2.67. The van der Waals surface area contributed by atoms with Crippen LogP contribution in [0.1, 0.15) is 24.2 Å². The van der Waals surface area contributed by atoms with Crippen LogP contribution in [0, 0.1) is 0 Å². The standard InChI is InChI=1S/C19H20ClNO5S/c1-4-27(24)17-8-6-5-7-14(17)19(23)26-12(2)18(22)21-13-9-10-16(25-3)15(20)11-13/h5-12H,4H2,1-3H3,(H,21,22)/t12-,27+/m0/s1. The van der Waals surface area contributed by atoms with E-state index in [4.69, 9.17) is 21.1 Å². The van der Waals surface area contributed by atoms with Gasteiger partial charge in [-0.05, 0) is 37.3 Å². The number of hydrogen-bond donors (Lipinski definition) is 1. The number of amides is 1. The fourth-order valence-corrected chi connectivity index (χ4v) is 3.45. The van der Waals surface area contributed by atoms with Crippen molar-refractivity contribution in [2.24, 2.45) is 0 Å². The second-order valence-electron chi connectivity index (χ2n) is 5.52. The number of benzene rings is 2. The summed E-state index contributed by atoms with van der Waals surface area (Å²) in [4.78, 5) is 25.1. The van der Waals surface area contributed by atoms with Gasteiger partial charge in [0.05, 0.1) is 33.4 Å². The number of carbonyl (C=O) groups excluding carboxylic acids is 2. The molecule has 1 N–H and O–H groups in total. The molecule has 0 spiro atoms. The molecule has 0 heterocycles. The molecule has 2 rings (SSSR count). The number of hydrogen-bond acceptors (Lipinski definition) is 5. The van der Waals surface area contributed by atoms with E-state index in [1.807, 2.05) is 0 Å². The SMILES string of the molecule is CC[S@@](=O)c1ccccc1C(=O)O[C@@H](C)C(=O)Nc1ccc(OC)c(Cl)c1. The van der Waals surface area contributed by atoms with Gasteiger partial charge in [-0.15, -0.1) is 0 Å². The van der Waals surface area contributed by atoms with Crippen molar-refractivity contribution in [1.82, 2.24) is 0 Å². The molecule has 2 atom stereocenters. The third-order valence-electron chi connectivity index (χ3n) is 3.69. The molecule has 1 amide bonds. The maximum absolute atomic E-state index is 12.4. The van der Waals surface area contributed by atoms with E-state index in [-0.39, 0.29) is 5.56 Å². The molecule has 8 heteroatoms. The molecular formula is C19H20ClNO5S. The van der Waals surface area contributed by atoms with Crippen LogP contribution in [0.2, 0.25) is 5.02 Å². The summed E-state index contributed by atoms with van der Waals surface area (Å²) in [6.45, 7) is 3.21. The summed E-state index contributed by atoms with van der Waals surface area (Å²) in [5.41, 5.74) is 0.631. The van der Waals surface area contributed by atoms with Crippen LogP contribution < -0.4 is 10.1 Å². The predicted molar refractivity (Wildman–Crippen MR) is 105 cm³/mol. The maximum atomic E-state index is 12.4. The maximum Gasteiger partial charge on any atom is 0.340 e. The molecule has 0 aliphatic carbocycles. The minimum atomic E-state index is -1.31. The lowest BCUT2D eigenvalue weighted by molar-refractivity contribution is -0.123. The molecule has 0 bridgehead atoms. The lowest BCUT2D eigenvalue weighted by atomic mass is 10.2. The molecule has 0 aliphatic rings. The first kappa shape index (κ1) is 20.9. The highest BCUT2D eigenvalue weighted by Gasteiger charge is 2.22. The Hall–Kier alpha value is -2.38. The zero-order valence-electron chi connectivity index (χ0n) is 15.2. The molecule has 2 aromatic rings. The summed E-state index contributed by atoms with van der Waals surface area (Å²) in [7, 11) is 0.177. The Kier molecular flexibility index (Phi) is 7.38. The first-order valence-corrected chi connectivity index (χ1v) is 9.89. The number of nitrogens with one attached hydrogen (secondary N) is 1. The second kappa shape index (κ2) is 9.53. The van der Waals surface area contributed by atoms with Gasteiger partial charge in [-0.2, -0.15) is 0 Å². The van der Waals surface area contributed by atoms with E-state index in [0.29, 0.717) is 27.1 Å². The third-order valence-corrected chi connectivity index (χ3v) is 5.35. The van der Waals surface area contributed by atoms with Gasteiger partial charge in [0.1, 0.15) is 5.75 Å². The van der Waals surface area contributed by atoms with E-state index in [1.54, 1.807) is 37.3 Å². The third kappa shape index (κ3) is 5.30. The Balaban J connectivity index is 2.07. The van der Waals surface area contributed by atoms with Gasteiger partial charge in [0.25, 0.3) is 5.91 Å². The summed E-state index contributed by atoms with van der Waals surface area (Å²) in [5, 5.41) is 2.97. The quantitative estimate of drug-likeness (QED) is 0.706. The zero-order chi connectivity index (χ0) is 20.0. The highest BCUT2D eigenvalue weighted by molar-refractivity contribution is 7.85. The van der Waals surface area contributed by atoms with Crippen molar-refractivity contribution in [3.8, 4) is 5.75 Å². The monoisotopic (exact) mass is 409 g/mol. The first-order chi connectivity index (χ1) is 12.9. The number of esters is 1. The molecule has 0 saturated heterocycles. The van der Waals surface area contributed by atoms with Gasteiger partial charge in [0.15, 0.2) is 6.10 Å². The molecule has 27 heavy (non-hydrogen) atoms. The van der Waals surface area contributed by atoms with Gasteiger partial charge in [0.2, 0.25) is 0 Å². The van der Waals surface area contributed by atoms with Gasteiger partial charge in [-0.3, -0.25) is 9.00 Å². The van der Waals surface area contributed by atoms with Crippen LogP contribution in [0.15, 0.2) is 47.4 Å². The Morgan fingerprint density at radius 3 is 2.56 bits per heavy atom. The number of carbonyl (C=O) groups is 2. The number of rotatable bonds is 7. The van der Waals surface area contributed by atoms with Gasteiger partial charge >= 0.3 is 5.97 Å². The summed E-state index contributed by atoms with van der Waals surface area (Å²) in [6, 6.07) is 11.3. The second-order valence-corrected chi connectivity index (χ2v) is 7.63. The van der Waals surface area contributed by atoms with Crippen molar-refractivity contribution in [1.29, 1.82) is 0 Å². The van der Waals surface area contributed by atoms with Crippen molar-refractivity contribution in [3.63, 3.8) is 0 Å². The summed E-state index contributed by atoms with van der Waals surface area (Å²) >= 11 is 6.03. The van der Waals surface area contributed by atoms with Crippen LogP contribution in [0.25, 0.3) is 0 Å². The molecular weight excluding hydrogens is 390 g/mol. The minimum Gasteiger partial charge on any atom is -0.495 e. The molecule has 0 unspecified atom stereocenters. The topological polar surface area (TPSA) is 81.7 Å². The van der Waals surface area contributed by atoms with Crippen LogP contribution in [0.4, 0.5) is 5.69 Å². The smallest absolute Gasteiger partial charge is 0.340 e. The average molecular weight is 410 g/mol. The zero-order valence-corrected chi connectivity index (χ0v) is 16.7. The summed E-state index contributed by atoms with van der Waals surface area (Å²) < 4.78 is 22.4. The van der Waals surface area contributed by atoms with Crippen molar-refractivity contribution in [2.45, 2.75) is 24.8 Å². The molecule has 6 nitrogen and oxygen atoms in total. The van der Waals surface area contributed by atoms with E-state index in [1.165, 1.54) is 26.2 Å². The lowest BCUT2D eigenvalue weighted by Gasteiger charge is -2.15. The molecule has 0 radical (unpaired) electrons. The first-order valence-electron chi connectivity index (χ1n) is 8.20. The molecule has 0 saturated carbocycles. The molecule has 2 aromatic carbocycles. The van der Waals surface area contributed by atoms with E-state index in [2.05, 4.69) is 5.32 Å². The van der Waals surface area contributed by atoms with Crippen LogP contribution in [-0.2, 0) is 20.3 Å². The number of halogens is 1. The molecule has 0 fully saturated rings. The fraction of sp³-hybridized carbons (Fsp3) is 0.263. The predicted octanol–water partition coefficient (Wildman–Crippen LogP) is 3.66. The van der Waals surface area contributed by atoms with E-state index in [9.17, 15) is 13.8 Å². The molecule has 144 valence electrons. The van der Waals surface area contributed by atoms with E-state index >= 15 is 0 Å². The summed E-state index contributed by atoms with van der Waals surface area (Å²) in [5.74, 6) is -0.366. The fourth-order valence-electron chi connectivity index (χ4n) is 2.25. The van der Waals surface area contributed by atoms with Gasteiger partial charge < -0.3 is 14.8 Å². The number of anilines is 1. The number of ether oxygens (including phenoxy) is 2. The minimum absolute atomic E-state index is 0.185. The van der Waals surface area contributed by atoms with Crippen LogP contribution in [-0.4, -0.2) is 35.1 Å². The van der Waals surface area contributed by atoms with Crippen LogP contribution in [0.5, 0.6) is 5.75 Å². The Labute approximate surface area is 165 Å². The van der Waals surface area contributed by atoms with Gasteiger partial charge in [-0.1, -0.05) is 30.7 Å². The Morgan fingerprint density at radius 1 is 1.22 bits per heavy atom. The Morgan fingerprint density at radius 2 is 1.93 bits per heavy atom. The van der Waals surface area contributed by atoms with Crippen LogP contribution >= 0.6 is 11.6 Å². The van der Waals surface area contributed by atoms with Crippen molar-refractivity contribution in [3.05, 3.63) is 53.1 Å². The molecule has 0 aromatic heterocycles. The van der Waals surface area contributed by atoms with Crippen molar-refractivity contribution < 1.29 is 23.3 Å². The van der Waals surface area contributed by atoms with Crippen molar-refractivity contribution >= 4 is 40.0 Å². The van der Waals surface area contributed by atoms with E-state index in [0.717, 1.165) is 0 Å². The van der Waals surface area contributed by atoms with Crippen LogP contribution in [0.3, 0.4) is 0 Å². The number of methoxy groups -OCH3 is 1. The highest BCUT2D eigenvalue weighted by Crippen LogP contribution is 2.27. The summed E-state index contributed by atoms with van der Waals surface area (Å²) in [6.07, 6.45) is -1.05. The normalized spacial score (nSPS) is 12.7.